The summed E-state index contributed by atoms with van der Waals surface area (Å²) in [5, 5.41) is 2.78. The number of fused-ring (bicyclic) bond motifs is 1. The molecule has 3 heterocycles. The maximum atomic E-state index is 13.4. The number of nitrogens with zero attached hydrogens (tertiary/aromatic N) is 2. The number of rotatable bonds is 4. The number of carbonyl (C=O) groups excluding carboxylic acids is 1. The van der Waals surface area contributed by atoms with Crippen molar-refractivity contribution in [1.82, 2.24) is 4.57 Å². The fourth-order valence-electron chi connectivity index (χ4n) is 3.33. The first-order chi connectivity index (χ1) is 14.8. The Morgan fingerprint density at radius 3 is 2.68 bits per heavy atom. The van der Waals surface area contributed by atoms with Crippen LogP contribution in [0.5, 0.6) is 0 Å². The lowest BCUT2D eigenvalue weighted by molar-refractivity contribution is -0.143. The van der Waals surface area contributed by atoms with Crippen LogP contribution < -0.4 is 14.9 Å². The number of hydrogen-bond acceptors (Lipinski definition) is 6. The SMILES string of the molecule is CC1=C(C(=O)OC(C)C)[C@@H](c2cccs2)n2c(s/c(=C/c3ccc(Cl)c(Cl)c3)c2=O)=N1. The number of allylic oxidation sites excluding steroid dienone is 1. The highest BCUT2D eigenvalue weighted by Crippen LogP contribution is 2.33. The minimum atomic E-state index is -0.585. The molecule has 0 bridgehead atoms. The van der Waals surface area contributed by atoms with Crippen molar-refractivity contribution in [3.63, 3.8) is 0 Å². The smallest absolute Gasteiger partial charge is 0.338 e. The summed E-state index contributed by atoms with van der Waals surface area (Å²) in [5.74, 6) is -0.464. The summed E-state index contributed by atoms with van der Waals surface area (Å²) >= 11 is 14.9. The number of aromatic nitrogens is 1. The van der Waals surface area contributed by atoms with Gasteiger partial charge in [0.25, 0.3) is 5.56 Å². The topological polar surface area (TPSA) is 60.7 Å². The number of halogens is 2. The zero-order chi connectivity index (χ0) is 22.3. The van der Waals surface area contributed by atoms with Gasteiger partial charge in [-0.2, -0.15) is 0 Å². The molecule has 1 aliphatic heterocycles. The second-order valence-electron chi connectivity index (χ2n) is 7.22. The summed E-state index contributed by atoms with van der Waals surface area (Å²) in [6, 6.07) is 8.40. The minimum Gasteiger partial charge on any atom is -0.459 e. The van der Waals surface area contributed by atoms with Gasteiger partial charge in [0.1, 0.15) is 6.04 Å². The van der Waals surface area contributed by atoms with Crippen LogP contribution in [0, 0.1) is 0 Å². The standard InChI is InChI=1S/C22H18Cl2N2O3S2/c1-11(2)29-21(28)18-12(3)25-22-26(19(18)16-5-4-8-30-16)20(27)17(31-22)10-13-6-7-14(23)15(24)9-13/h4-11,19H,1-3H3/b17-10+/t19-/m1/s1. The van der Waals surface area contributed by atoms with Crippen molar-refractivity contribution in [2.24, 2.45) is 4.99 Å². The molecule has 1 aromatic carbocycles. The van der Waals surface area contributed by atoms with Crippen LogP contribution in [0.15, 0.2) is 56.8 Å². The second kappa shape index (κ2) is 8.74. The molecular formula is C22H18Cl2N2O3S2. The van der Waals surface area contributed by atoms with Gasteiger partial charge in [0.15, 0.2) is 4.80 Å². The maximum absolute atomic E-state index is 13.4. The van der Waals surface area contributed by atoms with E-state index < -0.39 is 12.0 Å². The second-order valence-corrected chi connectivity index (χ2v) is 10.0. The van der Waals surface area contributed by atoms with E-state index in [0.29, 0.717) is 30.6 Å². The number of esters is 1. The van der Waals surface area contributed by atoms with Gasteiger partial charge in [0.2, 0.25) is 0 Å². The highest BCUT2D eigenvalue weighted by atomic mass is 35.5. The molecule has 0 saturated heterocycles. The van der Waals surface area contributed by atoms with E-state index in [1.165, 1.54) is 22.7 Å². The summed E-state index contributed by atoms with van der Waals surface area (Å²) in [5.41, 5.74) is 1.45. The van der Waals surface area contributed by atoms with Crippen LogP contribution in [-0.4, -0.2) is 16.6 Å². The van der Waals surface area contributed by atoms with Crippen molar-refractivity contribution < 1.29 is 9.53 Å². The average molecular weight is 493 g/mol. The van der Waals surface area contributed by atoms with E-state index in [4.69, 9.17) is 27.9 Å². The fraction of sp³-hybridized carbons (Fsp3) is 0.227. The molecule has 1 aliphatic rings. The van der Waals surface area contributed by atoms with Gasteiger partial charge in [-0.25, -0.2) is 9.79 Å². The number of ether oxygens (including phenoxy) is 1. The lowest BCUT2D eigenvalue weighted by atomic mass is 10.0. The van der Waals surface area contributed by atoms with Crippen LogP contribution in [0.1, 0.15) is 37.3 Å². The van der Waals surface area contributed by atoms with E-state index in [1.807, 2.05) is 17.5 Å². The van der Waals surface area contributed by atoms with Crippen molar-refractivity contribution in [3.05, 3.63) is 87.2 Å². The van der Waals surface area contributed by atoms with Crippen LogP contribution in [0.3, 0.4) is 0 Å². The summed E-state index contributed by atoms with van der Waals surface area (Å²) in [6.07, 6.45) is 1.47. The number of thiazole rings is 1. The Bertz CT molecular complexity index is 1370. The lowest BCUT2D eigenvalue weighted by Crippen LogP contribution is -2.39. The van der Waals surface area contributed by atoms with Crippen molar-refractivity contribution in [2.75, 3.05) is 0 Å². The molecule has 9 heteroatoms. The molecule has 5 nitrogen and oxygen atoms in total. The van der Waals surface area contributed by atoms with E-state index in [0.717, 1.165) is 10.4 Å². The maximum Gasteiger partial charge on any atom is 0.338 e. The first-order valence-electron chi connectivity index (χ1n) is 9.48. The molecule has 0 amide bonds. The van der Waals surface area contributed by atoms with Crippen LogP contribution in [0.4, 0.5) is 0 Å². The molecule has 160 valence electrons. The Morgan fingerprint density at radius 1 is 1.26 bits per heavy atom. The van der Waals surface area contributed by atoms with E-state index in [2.05, 4.69) is 4.99 Å². The fourth-order valence-corrected chi connectivity index (χ4v) is 5.51. The third kappa shape index (κ3) is 4.28. The van der Waals surface area contributed by atoms with Gasteiger partial charge in [-0.1, -0.05) is 46.7 Å². The lowest BCUT2D eigenvalue weighted by Gasteiger charge is -2.24. The van der Waals surface area contributed by atoms with Crippen molar-refractivity contribution in [3.8, 4) is 0 Å². The molecule has 2 aromatic heterocycles. The quantitative estimate of drug-likeness (QED) is 0.501. The minimum absolute atomic E-state index is 0.226. The molecule has 0 saturated carbocycles. The average Bonchev–Trinajstić information content (AvgIpc) is 3.32. The van der Waals surface area contributed by atoms with E-state index in [1.54, 1.807) is 49.6 Å². The van der Waals surface area contributed by atoms with E-state index in [9.17, 15) is 9.59 Å². The molecule has 31 heavy (non-hydrogen) atoms. The van der Waals surface area contributed by atoms with Crippen molar-refractivity contribution >= 4 is 57.9 Å². The van der Waals surface area contributed by atoms with E-state index in [-0.39, 0.29) is 11.7 Å². The highest BCUT2D eigenvalue weighted by Gasteiger charge is 2.34. The zero-order valence-corrected chi connectivity index (χ0v) is 20.0. The van der Waals surface area contributed by atoms with Gasteiger partial charge in [-0.3, -0.25) is 9.36 Å². The van der Waals surface area contributed by atoms with Gasteiger partial charge in [-0.15, -0.1) is 11.3 Å². The Kier molecular flexibility index (Phi) is 6.21. The molecule has 0 unspecified atom stereocenters. The molecule has 1 atom stereocenters. The summed E-state index contributed by atoms with van der Waals surface area (Å²) in [6.45, 7) is 5.36. The van der Waals surface area contributed by atoms with Crippen LogP contribution in [0.2, 0.25) is 10.0 Å². The molecule has 3 aromatic rings. The molecule has 0 fully saturated rings. The Hall–Kier alpha value is -2.19. The monoisotopic (exact) mass is 492 g/mol. The van der Waals surface area contributed by atoms with Crippen molar-refractivity contribution in [2.45, 2.75) is 32.9 Å². The largest absolute Gasteiger partial charge is 0.459 e. The molecule has 0 spiro atoms. The molecule has 0 radical (unpaired) electrons. The van der Waals surface area contributed by atoms with Crippen LogP contribution >= 0.6 is 45.9 Å². The predicted molar refractivity (Wildman–Crippen MR) is 126 cm³/mol. The van der Waals surface area contributed by atoms with Gasteiger partial charge < -0.3 is 4.74 Å². The summed E-state index contributed by atoms with van der Waals surface area (Å²) in [7, 11) is 0. The van der Waals surface area contributed by atoms with E-state index >= 15 is 0 Å². The third-order valence-electron chi connectivity index (χ3n) is 4.64. The van der Waals surface area contributed by atoms with Gasteiger partial charge in [0, 0.05) is 4.88 Å². The summed E-state index contributed by atoms with van der Waals surface area (Å²) < 4.78 is 7.53. The number of hydrogen-bond donors (Lipinski definition) is 0. The molecular weight excluding hydrogens is 475 g/mol. The predicted octanol–water partition coefficient (Wildman–Crippen LogP) is 4.56. The Labute approximate surface area is 196 Å². The molecule has 4 rings (SSSR count). The Morgan fingerprint density at radius 2 is 2.03 bits per heavy atom. The summed E-state index contributed by atoms with van der Waals surface area (Å²) in [4.78, 5) is 32.3. The van der Waals surface area contributed by atoms with Gasteiger partial charge in [-0.05, 0) is 56.0 Å². The zero-order valence-electron chi connectivity index (χ0n) is 16.9. The number of carbonyl (C=O) groups is 1. The number of benzene rings is 1. The third-order valence-corrected chi connectivity index (χ3v) is 7.29. The van der Waals surface area contributed by atoms with Crippen LogP contribution in [0.25, 0.3) is 6.08 Å². The first kappa shape index (κ1) is 22.0. The molecule has 0 aliphatic carbocycles. The van der Waals surface area contributed by atoms with Gasteiger partial charge in [0.05, 0.1) is 32.0 Å². The highest BCUT2D eigenvalue weighted by molar-refractivity contribution is 7.10. The normalized spacial score (nSPS) is 16.5. The Balaban J connectivity index is 1.92. The van der Waals surface area contributed by atoms with Gasteiger partial charge >= 0.3 is 5.97 Å². The number of thiophene rings is 1. The van der Waals surface area contributed by atoms with Crippen LogP contribution in [-0.2, 0) is 9.53 Å². The first-order valence-corrected chi connectivity index (χ1v) is 11.9. The van der Waals surface area contributed by atoms with Crippen molar-refractivity contribution in [1.29, 1.82) is 0 Å². The molecule has 0 N–H and O–H groups in total.